The van der Waals surface area contributed by atoms with Gasteiger partial charge in [-0.25, -0.2) is 4.57 Å². The van der Waals surface area contributed by atoms with Crippen molar-refractivity contribution < 1.29 is 18.9 Å². The second-order valence-corrected chi connectivity index (χ2v) is 3.42. The predicted molar refractivity (Wildman–Crippen MR) is 32.8 cm³/mol. The average Bonchev–Trinajstić information content (AvgIpc) is 1.59. The third-order valence-corrected chi connectivity index (χ3v) is 1.06. The first kappa shape index (κ1) is 9.11. The summed E-state index contributed by atoms with van der Waals surface area (Å²) < 4.78 is 14.2. The maximum atomic E-state index is 10.0. The SMILES string of the molecule is CC(C)COP(=O)(O)O. The lowest BCUT2D eigenvalue weighted by Crippen LogP contribution is -1.99. The van der Waals surface area contributed by atoms with E-state index < -0.39 is 7.82 Å². The Morgan fingerprint density at radius 1 is 1.56 bits per heavy atom. The number of phosphoric acid groups is 1. The fraction of sp³-hybridized carbons (Fsp3) is 1.00. The predicted octanol–water partition coefficient (Wildman–Crippen LogP) is 0.752. The van der Waals surface area contributed by atoms with Gasteiger partial charge in [0.05, 0.1) is 6.61 Å². The van der Waals surface area contributed by atoms with Gasteiger partial charge in [0.25, 0.3) is 0 Å². The minimum absolute atomic E-state index is 0.101. The highest BCUT2D eigenvalue weighted by molar-refractivity contribution is 7.46. The van der Waals surface area contributed by atoms with Crippen molar-refractivity contribution in [2.75, 3.05) is 6.61 Å². The lowest BCUT2D eigenvalue weighted by atomic mass is 10.2. The molecular weight excluding hydrogens is 143 g/mol. The van der Waals surface area contributed by atoms with Gasteiger partial charge in [0.15, 0.2) is 0 Å². The summed E-state index contributed by atoms with van der Waals surface area (Å²) >= 11 is 0. The quantitative estimate of drug-likeness (QED) is 0.588. The summed E-state index contributed by atoms with van der Waals surface area (Å²) in [6, 6.07) is 0. The lowest BCUT2D eigenvalue weighted by Gasteiger charge is -2.06. The highest BCUT2D eigenvalue weighted by Crippen LogP contribution is 2.35. The van der Waals surface area contributed by atoms with E-state index in [0.29, 0.717) is 0 Å². The lowest BCUT2D eigenvalue weighted by molar-refractivity contribution is 0.177. The Hall–Kier alpha value is 0.110. The Labute approximate surface area is 54.1 Å². The van der Waals surface area contributed by atoms with Crippen molar-refractivity contribution in [2.24, 2.45) is 5.92 Å². The number of hydrogen-bond donors (Lipinski definition) is 2. The molecule has 0 saturated heterocycles. The molecule has 0 heterocycles. The van der Waals surface area contributed by atoms with Gasteiger partial charge in [-0.1, -0.05) is 13.8 Å². The van der Waals surface area contributed by atoms with Crippen LogP contribution in [0, 0.1) is 5.92 Å². The summed E-state index contributed by atoms with van der Waals surface area (Å²) in [5.41, 5.74) is 0. The molecule has 9 heavy (non-hydrogen) atoms. The Balaban J connectivity index is 3.40. The molecule has 0 spiro atoms. The number of phosphoric ester groups is 1. The molecule has 0 saturated carbocycles. The van der Waals surface area contributed by atoms with Gasteiger partial charge in [0.2, 0.25) is 0 Å². The minimum atomic E-state index is -4.22. The third kappa shape index (κ3) is 8.11. The van der Waals surface area contributed by atoms with Crippen molar-refractivity contribution in [3.8, 4) is 0 Å². The molecule has 0 aromatic carbocycles. The van der Waals surface area contributed by atoms with Crippen LogP contribution in [0.25, 0.3) is 0 Å². The third-order valence-electron chi connectivity index (χ3n) is 0.576. The van der Waals surface area contributed by atoms with Crippen LogP contribution < -0.4 is 0 Å². The van der Waals surface area contributed by atoms with Gasteiger partial charge in [-0.2, -0.15) is 0 Å². The van der Waals surface area contributed by atoms with Crippen molar-refractivity contribution in [3.05, 3.63) is 0 Å². The van der Waals surface area contributed by atoms with Crippen LogP contribution >= 0.6 is 7.82 Å². The van der Waals surface area contributed by atoms with Crippen LogP contribution in [-0.2, 0) is 9.09 Å². The molecule has 0 aliphatic rings. The summed E-state index contributed by atoms with van der Waals surface area (Å²) in [5, 5.41) is 0. The molecule has 0 aromatic heterocycles. The van der Waals surface area contributed by atoms with Crippen molar-refractivity contribution >= 4 is 7.82 Å². The summed E-state index contributed by atoms with van der Waals surface area (Å²) in [4.78, 5) is 16.3. The van der Waals surface area contributed by atoms with Gasteiger partial charge in [0.1, 0.15) is 0 Å². The van der Waals surface area contributed by atoms with E-state index in [9.17, 15) is 4.57 Å². The highest BCUT2D eigenvalue weighted by atomic mass is 31.2. The van der Waals surface area contributed by atoms with E-state index in [4.69, 9.17) is 9.79 Å². The van der Waals surface area contributed by atoms with Crippen LogP contribution in [0.2, 0.25) is 0 Å². The van der Waals surface area contributed by atoms with Crippen LogP contribution in [0.1, 0.15) is 13.8 Å². The van der Waals surface area contributed by atoms with Crippen LogP contribution in [0.3, 0.4) is 0 Å². The molecule has 2 N–H and O–H groups in total. The second-order valence-electron chi connectivity index (χ2n) is 2.18. The first-order valence-electron chi connectivity index (χ1n) is 2.62. The van der Waals surface area contributed by atoms with Crippen LogP contribution in [0.15, 0.2) is 0 Å². The van der Waals surface area contributed by atoms with Gasteiger partial charge in [-0.15, -0.1) is 0 Å². The molecule has 5 heteroatoms. The Morgan fingerprint density at radius 3 is 2.11 bits per heavy atom. The normalized spacial score (nSPS) is 12.6. The molecule has 4 nitrogen and oxygen atoms in total. The first-order chi connectivity index (χ1) is 3.92. The van der Waals surface area contributed by atoms with Gasteiger partial charge in [-0.05, 0) is 5.92 Å². The topological polar surface area (TPSA) is 66.8 Å². The van der Waals surface area contributed by atoms with Crippen LogP contribution in [0.4, 0.5) is 0 Å². The van der Waals surface area contributed by atoms with E-state index in [0.717, 1.165) is 0 Å². The standard InChI is InChI=1S/C4H11O4P/c1-4(2)3-8-9(5,6)7/h4H,3H2,1-2H3,(H2,5,6,7). The van der Waals surface area contributed by atoms with Gasteiger partial charge >= 0.3 is 7.82 Å². The zero-order valence-corrected chi connectivity index (χ0v) is 6.34. The van der Waals surface area contributed by atoms with Crippen LogP contribution in [0.5, 0.6) is 0 Å². The molecule has 0 aliphatic heterocycles. The Morgan fingerprint density at radius 2 is 2.00 bits per heavy atom. The van der Waals surface area contributed by atoms with Crippen molar-refractivity contribution in [2.45, 2.75) is 13.8 Å². The van der Waals surface area contributed by atoms with E-state index in [-0.39, 0.29) is 12.5 Å². The van der Waals surface area contributed by atoms with Crippen molar-refractivity contribution in [1.29, 1.82) is 0 Å². The average molecular weight is 154 g/mol. The summed E-state index contributed by atoms with van der Waals surface area (Å²) in [5.74, 6) is 0.151. The van der Waals surface area contributed by atoms with E-state index in [1.807, 2.05) is 13.8 Å². The van der Waals surface area contributed by atoms with Crippen molar-refractivity contribution in [3.63, 3.8) is 0 Å². The smallest absolute Gasteiger partial charge is 0.303 e. The van der Waals surface area contributed by atoms with Crippen LogP contribution in [-0.4, -0.2) is 16.4 Å². The highest BCUT2D eigenvalue weighted by Gasteiger charge is 2.13. The van der Waals surface area contributed by atoms with E-state index in [2.05, 4.69) is 4.52 Å². The largest absolute Gasteiger partial charge is 0.469 e. The summed E-state index contributed by atoms with van der Waals surface area (Å²) in [6.45, 7) is 3.73. The maximum Gasteiger partial charge on any atom is 0.469 e. The Kier molecular flexibility index (Phi) is 3.36. The molecule has 0 amide bonds. The molecule has 0 atom stereocenters. The van der Waals surface area contributed by atoms with Gasteiger partial charge in [-0.3, -0.25) is 4.52 Å². The molecule has 0 aromatic rings. The Bertz CT molecular complexity index is 116. The molecule has 56 valence electrons. The molecule has 0 radical (unpaired) electrons. The first-order valence-corrected chi connectivity index (χ1v) is 4.15. The molecular formula is C4H11O4P. The zero-order chi connectivity index (χ0) is 7.49. The molecule has 0 fully saturated rings. The second kappa shape index (κ2) is 3.32. The van der Waals surface area contributed by atoms with E-state index >= 15 is 0 Å². The summed E-state index contributed by atoms with van der Waals surface area (Å²) in [6.07, 6.45) is 0. The molecule has 0 rings (SSSR count). The fourth-order valence-corrected chi connectivity index (χ4v) is 0.739. The maximum absolute atomic E-state index is 10.0. The zero-order valence-electron chi connectivity index (χ0n) is 5.44. The fourth-order valence-electron chi connectivity index (χ4n) is 0.246. The van der Waals surface area contributed by atoms with E-state index in [1.165, 1.54) is 0 Å². The molecule has 0 aliphatic carbocycles. The summed E-state index contributed by atoms with van der Waals surface area (Å²) in [7, 11) is -4.22. The van der Waals surface area contributed by atoms with E-state index in [1.54, 1.807) is 0 Å². The molecule has 0 bridgehead atoms. The molecule has 0 unspecified atom stereocenters. The van der Waals surface area contributed by atoms with Gasteiger partial charge < -0.3 is 9.79 Å². The number of hydrogen-bond acceptors (Lipinski definition) is 2. The van der Waals surface area contributed by atoms with Crippen molar-refractivity contribution in [1.82, 2.24) is 0 Å². The monoisotopic (exact) mass is 154 g/mol. The minimum Gasteiger partial charge on any atom is -0.303 e. The van der Waals surface area contributed by atoms with Gasteiger partial charge in [0, 0.05) is 0 Å². The number of rotatable bonds is 3.